The molecule has 1 spiro atoms. The van der Waals surface area contributed by atoms with Gasteiger partial charge in [-0.1, -0.05) is 6.58 Å². The molecule has 2 unspecified atom stereocenters. The van der Waals surface area contributed by atoms with Gasteiger partial charge in [-0.25, -0.2) is 4.79 Å². The molecule has 7 nitrogen and oxygen atoms in total. The number of esters is 1. The van der Waals surface area contributed by atoms with E-state index in [0.29, 0.717) is 18.2 Å². The van der Waals surface area contributed by atoms with Crippen LogP contribution in [0.3, 0.4) is 0 Å². The summed E-state index contributed by atoms with van der Waals surface area (Å²) in [5.41, 5.74) is -6.91. The minimum atomic E-state index is -6.81. The maximum absolute atomic E-state index is 14.3. The highest BCUT2D eigenvalue weighted by Gasteiger charge is 2.73. The van der Waals surface area contributed by atoms with E-state index in [1.54, 1.807) is 0 Å². The number of methoxy groups -OCH3 is 1. The van der Waals surface area contributed by atoms with Crippen LogP contribution in [-0.2, 0) is 24.5 Å². The maximum Gasteiger partial charge on any atom is 0.465 e. The lowest BCUT2D eigenvalue weighted by Gasteiger charge is -2.38. The summed E-state index contributed by atoms with van der Waals surface area (Å²) in [4.78, 5) is 35.6. The van der Waals surface area contributed by atoms with Crippen LogP contribution in [-0.4, -0.2) is 78.9 Å². The average Bonchev–Trinajstić information content (AvgIpc) is 3.35. The molecule has 3 rings (SSSR count). The van der Waals surface area contributed by atoms with Crippen LogP contribution in [0, 0.1) is 0 Å². The number of hydrogen-bond acceptors (Lipinski definition) is 5. The molecule has 0 radical (unpaired) electrons. The van der Waals surface area contributed by atoms with Gasteiger partial charge in [-0.2, -0.15) is 65.9 Å². The zero-order valence-corrected chi connectivity index (χ0v) is 21.0. The summed E-state index contributed by atoms with van der Waals surface area (Å²) in [6.45, 7) is 1.61. The molecule has 2 atom stereocenters. The van der Waals surface area contributed by atoms with Gasteiger partial charge in [-0.05, 0) is 30.2 Å². The molecule has 1 aromatic rings. The number of amides is 2. The number of carbonyl (C=O) groups is 3. The Morgan fingerprint density at radius 2 is 1.27 bits per heavy atom. The van der Waals surface area contributed by atoms with Gasteiger partial charge < -0.3 is 14.4 Å². The first kappa shape index (κ1) is 34.6. The molecule has 0 aliphatic carbocycles. The molecule has 0 saturated carbocycles. The summed E-state index contributed by atoms with van der Waals surface area (Å²) in [7, 11) is 0.884. The highest BCUT2D eigenvalue weighted by atomic mass is 19.4. The molecule has 0 aromatic heterocycles. The Kier molecular flexibility index (Phi) is 7.92. The van der Waals surface area contributed by atoms with Crippen LogP contribution in [0.1, 0.15) is 12.0 Å². The van der Waals surface area contributed by atoms with E-state index in [1.165, 1.54) is 0 Å². The summed E-state index contributed by atoms with van der Waals surface area (Å²) < 4.78 is 210. The lowest BCUT2D eigenvalue weighted by Crippen LogP contribution is -2.60. The fraction of sp³-hybridized carbons (Fsp3) is 0.500. The van der Waals surface area contributed by atoms with Gasteiger partial charge in [0.25, 0.3) is 0 Å². The van der Waals surface area contributed by atoms with Crippen molar-refractivity contribution in [2.24, 2.45) is 0 Å². The molecule has 22 heteroatoms. The van der Waals surface area contributed by atoms with Gasteiger partial charge in [0.1, 0.15) is 5.75 Å². The summed E-state index contributed by atoms with van der Waals surface area (Å²) in [5, 5.41) is 0. The third-order valence-electron chi connectivity index (χ3n) is 6.71. The smallest absolute Gasteiger partial charge is 0.465 e. The number of ether oxygens (including phenoxy) is 2. The van der Waals surface area contributed by atoms with Gasteiger partial charge in [0.2, 0.25) is 0 Å². The van der Waals surface area contributed by atoms with Gasteiger partial charge in [0.05, 0.1) is 18.2 Å². The zero-order valence-electron chi connectivity index (χ0n) is 21.0. The first-order valence-electron chi connectivity index (χ1n) is 11.2. The molecule has 0 bridgehead atoms. The number of halogens is 15. The van der Waals surface area contributed by atoms with Crippen LogP contribution in [0.5, 0.6) is 5.75 Å². The normalized spacial score (nSPS) is 21.5. The Labute approximate surface area is 233 Å². The first-order chi connectivity index (χ1) is 19.6. The first-order valence-corrected chi connectivity index (χ1v) is 11.2. The van der Waals surface area contributed by atoms with Crippen LogP contribution in [0.4, 0.5) is 71.5 Å². The number of benzene rings is 1. The quantitative estimate of drug-likeness (QED) is 0.306. The molecule has 2 aliphatic rings. The van der Waals surface area contributed by atoms with Crippen molar-refractivity contribution in [3.63, 3.8) is 0 Å². The fourth-order valence-corrected chi connectivity index (χ4v) is 4.50. The van der Waals surface area contributed by atoms with Crippen molar-refractivity contribution in [2.75, 3.05) is 18.6 Å². The monoisotopic (exact) mass is 670 g/mol. The van der Waals surface area contributed by atoms with Crippen molar-refractivity contribution < 1.29 is 89.7 Å². The largest absolute Gasteiger partial charge is 0.497 e. The predicted molar refractivity (Wildman–Crippen MR) is 111 cm³/mol. The number of anilines is 1. The highest BCUT2D eigenvalue weighted by molar-refractivity contribution is 6.03. The number of likely N-dealkylation sites (tertiary alicyclic amines) is 1. The topological polar surface area (TPSA) is 76.2 Å². The molecule has 1 saturated heterocycles. The SMILES string of the molecule is C=C1N(C(=O)C(F)(F)C(F)(F)F)CCC12c1cc(OC)ccc1N(C(=O)C(F)(F)C(F)(F)F)C2OC(=O)C(F)(F)C(F)(F)F. The number of hydrogen-bond donors (Lipinski definition) is 0. The Hall–Kier alpha value is -3.88. The van der Waals surface area contributed by atoms with Gasteiger partial charge in [0, 0.05) is 12.2 Å². The summed E-state index contributed by atoms with van der Waals surface area (Å²) >= 11 is 0. The molecule has 2 heterocycles. The van der Waals surface area contributed by atoms with E-state index in [9.17, 15) is 80.2 Å². The summed E-state index contributed by atoms with van der Waals surface area (Å²) in [6, 6.07) is 1.70. The van der Waals surface area contributed by atoms with Gasteiger partial charge >= 0.3 is 54.1 Å². The zero-order chi connectivity index (χ0) is 34.2. The Bertz CT molecular complexity index is 1390. The van der Waals surface area contributed by atoms with Crippen molar-refractivity contribution in [3.05, 3.63) is 36.0 Å². The van der Waals surface area contributed by atoms with E-state index >= 15 is 0 Å². The number of rotatable bonds is 5. The Balaban J connectivity index is 2.35. The standard InChI is InChI=1S/C22H13F15N2O5/c1-8-16(5-6-38(8)12(40)17(23,24)20(29,30)31)10-7-9(43-2)3-4-11(10)39(13(41)18(25,26)21(32,33)34)14(16)44-15(42)19(27,28)22(35,36)37/h3-4,7,14H,1,5-6H2,2H3. The van der Waals surface area contributed by atoms with E-state index in [4.69, 9.17) is 4.74 Å². The van der Waals surface area contributed by atoms with Crippen molar-refractivity contribution in [1.29, 1.82) is 0 Å². The van der Waals surface area contributed by atoms with Gasteiger partial charge in [-0.15, -0.1) is 0 Å². The second kappa shape index (κ2) is 10.1. The van der Waals surface area contributed by atoms with E-state index in [0.717, 1.165) is 7.11 Å². The van der Waals surface area contributed by atoms with Crippen molar-refractivity contribution in [1.82, 2.24) is 4.90 Å². The van der Waals surface area contributed by atoms with Crippen LogP contribution in [0.2, 0.25) is 0 Å². The number of carbonyl (C=O) groups excluding carboxylic acids is 3. The lowest BCUT2D eigenvalue weighted by molar-refractivity contribution is -0.283. The van der Waals surface area contributed by atoms with E-state index in [2.05, 4.69) is 11.3 Å². The third kappa shape index (κ3) is 4.85. The second-order valence-corrected chi connectivity index (χ2v) is 9.16. The fourth-order valence-electron chi connectivity index (χ4n) is 4.50. The highest BCUT2D eigenvalue weighted by Crippen LogP contribution is 2.58. The number of alkyl halides is 15. The second-order valence-electron chi connectivity index (χ2n) is 9.16. The van der Waals surface area contributed by atoms with E-state index in [-0.39, 0.29) is 0 Å². The van der Waals surface area contributed by atoms with Gasteiger partial charge in [-0.3, -0.25) is 14.5 Å². The number of fused-ring (bicyclic) bond motifs is 2. The van der Waals surface area contributed by atoms with Crippen molar-refractivity contribution in [3.8, 4) is 5.75 Å². The minimum absolute atomic E-state index is 0.429. The summed E-state index contributed by atoms with van der Waals surface area (Å²) in [6.07, 6.45) is -25.0. The maximum atomic E-state index is 14.3. The van der Waals surface area contributed by atoms with E-state index < -0.39 is 111 Å². The molecule has 0 N–H and O–H groups in total. The van der Waals surface area contributed by atoms with Crippen LogP contribution >= 0.6 is 0 Å². The van der Waals surface area contributed by atoms with Crippen molar-refractivity contribution in [2.45, 2.75) is 54.4 Å². The molecule has 2 amide bonds. The van der Waals surface area contributed by atoms with Gasteiger partial charge in [0.15, 0.2) is 6.23 Å². The van der Waals surface area contributed by atoms with Crippen molar-refractivity contribution >= 4 is 23.5 Å². The Morgan fingerprint density at radius 3 is 1.73 bits per heavy atom. The molecule has 44 heavy (non-hydrogen) atoms. The average molecular weight is 670 g/mol. The van der Waals surface area contributed by atoms with Crippen LogP contribution < -0.4 is 9.64 Å². The lowest BCUT2D eigenvalue weighted by atomic mass is 9.77. The Morgan fingerprint density at radius 1 is 0.795 bits per heavy atom. The summed E-state index contributed by atoms with van der Waals surface area (Å²) in [5.74, 6) is -30.1. The predicted octanol–water partition coefficient (Wildman–Crippen LogP) is 5.49. The van der Waals surface area contributed by atoms with Crippen LogP contribution in [0.15, 0.2) is 30.5 Å². The molecule has 1 aromatic carbocycles. The minimum Gasteiger partial charge on any atom is -0.497 e. The molecule has 246 valence electrons. The number of nitrogens with zero attached hydrogens (tertiary/aromatic N) is 2. The molecular weight excluding hydrogens is 657 g/mol. The van der Waals surface area contributed by atoms with E-state index in [1.807, 2.05) is 0 Å². The molecular formula is C22H13F15N2O5. The van der Waals surface area contributed by atoms with Crippen LogP contribution in [0.25, 0.3) is 0 Å². The molecule has 1 fully saturated rings. The molecule has 2 aliphatic heterocycles. The third-order valence-corrected chi connectivity index (χ3v) is 6.71.